The van der Waals surface area contributed by atoms with Crippen LogP contribution in [0.25, 0.3) is 11.5 Å². The van der Waals surface area contributed by atoms with Gasteiger partial charge in [-0.25, -0.2) is 4.79 Å². The second kappa shape index (κ2) is 6.70. The summed E-state index contributed by atoms with van der Waals surface area (Å²) in [6, 6.07) is 11.2. The van der Waals surface area contributed by atoms with Crippen molar-refractivity contribution in [3.8, 4) is 17.2 Å². The second-order valence-electron chi connectivity index (χ2n) is 5.57. The van der Waals surface area contributed by atoms with Crippen LogP contribution in [0.5, 0.6) is 5.75 Å². The zero-order valence-corrected chi connectivity index (χ0v) is 13.9. The Morgan fingerprint density at radius 2 is 1.92 bits per heavy atom. The van der Waals surface area contributed by atoms with E-state index in [9.17, 15) is 4.79 Å². The van der Waals surface area contributed by atoms with Crippen LogP contribution >= 0.6 is 0 Å². The van der Waals surface area contributed by atoms with Crippen LogP contribution in [-0.2, 0) is 6.54 Å². The van der Waals surface area contributed by atoms with E-state index < -0.39 is 5.76 Å². The standard InChI is InChI=1S/C18H19N3O3/c1-4-23-16-7-5-14(6-8-16)17-20-21(18(22)24-17)11-15-10-12(2)9-13(3)19-15/h5-10H,4,11H2,1-3H3. The number of ether oxygens (including phenoxy) is 1. The minimum Gasteiger partial charge on any atom is -0.494 e. The average molecular weight is 325 g/mol. The Morgan fingerprint density at radius 3 is 2.58 bits per heavy atom. The van der Waals surface area contributed by atoms with Crippen LogP contribution in [0.1, 0.15) is 23.9 Å². The van der Waals surface area contributed by atoms with E-state index in [4.69, 9.17) is 9.15 Å². The molecule has 0 aliphatic rings. The summed E-state index contributed by atoms with van der Waals surface area (Å²) in [5.74, 6) is 0.551. The molecule has 0 N–H and O–H groups in total. The fourth-order valence-electron chi connectivity index (χ4n) is 2.54. The minimum absolute atomic E-state index is 0.280. The fraction of sp³-hybridized carbons (Fsp3) is 0.278. The van der Waals surface area contributed by atoms with Gasteiger partial charge in [-0.15, -0.1) is 5.10 Å². The summed E-state index contributed by atoms with van der Waals surface area (Å²) in [5, 5.41) is 4.27. The van der Waals surface area contributed by atoms with Gasteiger partial charge in [0.1, 0.15) is 5.75 Å². The van der Waals surface area contributed by atoms with Gasteiger partial charge in [-0.2, -0.15) is 4.68 Å². The number of nitrogens with zero attached hydrogens (tertiary/aromatic N) is 3. The van der Waals surface area contributed by atoms with Crippen molar-refractivity contribution >= 4 is 0 Å². The van der Waals surface area contributed by atoms with Gasteiger partial charge in [0.15, 0.2) is 0 Å². The van der Waals surface area contributed by atoms with Crippen molar-refractivity contribution in [2.45, 2.75) is 27.3 Å². The molecule has 0 aliphatic carbocycles. The highest BCUT2D eigenvalue weighted by atomic mass is 16.5. The quantitative estimate of drug-likeness (QED) is 0.721. The number of rotatable bonds is 5. The molecule has 24 heavy (non-hydrogen) atoms. The second-order valence-corrected chi connectivity index (χ2v) is 5.57. The third-order valence-electron chi connectivity index (χ3n) is 3.48. The molecule has 124 valence electrons. The molecule has 0 aliphatic heterocycles. The van der Waals surface area contributed by atoms with Crippen LogP contribution in [-0.4, -0.2) is 21.4 Å². The molecule has 0 saturated carbocycles. The van der Waals surface area contributed by atoms with Gasteiger partial charge >= 0.3 is 5.76 Å². The summed E-state index contributed by atoms with van der Waals surface area (Å²) < 4.78 is 11.9. The molecule has 0 atom stereocenters. The first-order valence-corrected chi connectivity index (χ1v) is 7.80. The van der Waals surface area contributed by atoms with E-state index >= 15 is 0 Å². The van der Waals surface area contributed by atoms with Gasteiger partial charge in [0.2, 0.25) is 5.89 Å². The first kappa shape index (κ1) is 16.0. The van der Waals surface area contributed by atoms with Crippen LogP contribution in [0.3, 0.4) is 0 Å². The van der Waals surface area contributed by atoms with E-state index in [1.54, 1.807) is 0 Å². The highest BCUT2D eigenvalue weighted by molar-refractivity contribution is 5.53. The zero-order chi connectivity index (χ0) is 17.1. The van der Waals surface area contributed by atoms with E-state index in [1.165, 1.54) is 4.68 Å². The van der Waals surface area contributed by atoms with Crippen molar-refractivity contribution in [1.29, 1.82) is 0 Å². The highest BCUT2D eigenvalue weighted by Gasteiger charge is 2.11. The normalized spacial score (nSPS) is 10.8. The highest BCUT2D eigenvalue weighted by Crippen LogP contribution is 2.20. The largest absolute Gasteiger partial charge is 0.494 e. The Morgan fingerprint density at radius 1 is 1.17 bits per heavy atom. The summed E-state index contributed by atoms with van der Waals surface area (Å²) >= 11 is 0. The molecule has 0 radical (unpaired) electrons. The lowest BCUT2D eigenvalue weighted by atomic mass is 10.2. The number of aromatic nitrogens is 3. The van der Waals surface area contributed by atoms with Crippen molar-refractivity contribution < 1.29 is 9.15 Å². The van der Waals surface area contributed by atoms with Gasteiger partial charge in [-0.3, -0.25) is 4.98 Å². The Hall–Kier alpha value is -2.89. The number of pyridine rings is 1. The molecule has 6 heteroatoms. The summed E-state index contributed by atoms with van der Waals surface area (Å²) in [7, 11) is 0. The predicted molar refractivity (Wildman–Crippen MR) is 90.2 cm³/mol. The van der Waals surface area contributed by atoms with Gasteiger partial charge in [-0.1, -0.05) is 0 Å². The smallest absolute Gasteiger partial charge is 0.437 e. The number of hydrogen-bond acceptors (Lipinski definition) is 5. The fourth-order valence-corrected chi connectivity index (χ4v) is 2.54. The molecule has 0 unspecified atom stereocenters. The van der Waals surface area contributed by atoms with E-state index in [0.29, 0.717) is 6.61 Å². The first-order chi connectivity index (χ1) is 11.5. The molecule has 2 aromatic heterocycles. The van der Waals surface area contributed by atoms with E-state index in [-0.39, 0.29) is 12.4 Å². The van der Waals surface area contributed by atoms with Crippen LogP contribution in [0.15, 0.2) is 45.6 Å². The zero-order valence-electron chi connectivity index (χ0n) is 13.9. The number of hydrogen-bond donors (Lipinski definition) is 0. The Kier molecular flexibility index (Phi) is 4.46. The van der Waals surface area contributed by atoms with Gasteiger partial charge in [0, 0.05) is 11.3 Å². The Labute approximate surface area is 139 Å². The van der Waals surface area contributed by atoms with E-state index in [0.717, 1.165) is 28.3 Å². The number of benzene rings is 1. The Balaban J connectivity index is 1.85. The van der Waals surface area contributed by atoms with Crippen molar-refractivity contribution in [2.75, 3.05) is 6.61 Å². The van der Waals surface area contributed by atoms with Crippen molar-refractivity contribution in [3.05, 3.63) is 63.9 Å². The van der Waals surface area contributed by atoms with Gasteiger partial charge in [0.05, 0.1) is 18.8 Å². The van der Waals surface area contributed by atoms with Crippen LogP contribution in [0.2, 0.25) is 0 Å². The van der Waals surface area contributed by atoms with E-state index in [2.05, 4.69) is 10.1 Å². The van der Waals surface area contributed by atoms with Crippen molar-refractivity contribution in [2.24, 2.45) is 0 Å². The van der Waals surface area contributed by atoms with Gasteiger partial charge in [0.25, 0.3) is 0 Å². The molecular formula is C18H19N3O3. The molecule has 0 spiro atoms. The maximum absolute atomic E-state index is 12.0. The molecule has 3 aromatic rings. The van der Waals surface area contributed by atoms with Crippen LogP contribution in [0, 0.1) is 13.8 Å². The Bertz CT molecular complexity index is 874. The molecule has 3 rings (SSSR count). The van der Waals surface area contributed by atoms with Gasteiger partial charge in [-0.05, 0) is 62.7 Å². The lowest BCUT2D eigenvalue weighted by molar-refractivity contribution is 0.340. The lowest BCUT2D eigenvalue weighted by Crippen LogP contribution is -2.17. The third-order valence-corrected chi connectivity index (χ3v) is 3.48. The lowest BCUT2D eigenvalue weighted by Gasteiger charge is -2.03. The molecular weight excluding hydrogens is 306 g/mol. The summed E-state index contributed by atoms with van der Waals surface area (Å²) in [5.41, 5.74) is 3.51. The molecule has 0 bridgehead atoms. The van der Waals surface area contributed by atoms with Crippen molar-refractivity contribution in [3.63, 3.8) is 0 Å². The topological polar surface area (TPSA) is 70.2 Å². The SMILES string of the molecule is CCOc1ccc(-c2nn(Cc3cc(C)cc(C)n3)c(=O)o2)cc1. The summed E-state index contributed by atoms with van der Waals surface area (Å²) in [6.07, 6.45) is 0. The minimum atomic E-state index is -0.500. The predicted octanol–water partition coefficient (Wildman–Crippen LogP) is 2.96. The van der Waals surface area contributed by atoms with E-state index in [1.807, 2.05) is 57.2 Å². The molecule has 2 heterocycles. The molecule has 6 nitrogen and oxygen atoms in total. The molecule has 0 fully saturated rings. The monoisotopic (exact) mass is 325 g/mol. The molecule has 1 aromatic carbocycles. The number of aryl methyl sites for hydroxylation is 2. The van der Waals surface area contributed by atoms with Crippen LogP contribution in [0.4, 0.5) is 0 Å². The molecule has 0 saturated heterocycles. The van der Waals surface area contributed by atoms with Gasteiger partial charge < -0.3 is 9.15 Å². The van der Waals surface area contributed by atoms with Crippen LogP contribution < -0.4 is 10.5 Å². The van der Waals surface area contributed by atoms with Crippen molar-refractivity contribution in [1.82, 2.24) is 14.8 Å². The molecule has 0 amide bonds. The third kappa shape index (κ3) is 3.53. The maximum atomic E-state index is 12.0. The average Bonchev–Trinajstić information content (AvgIpc) is 2.88. The summed E-state index contributed by atoms with van der Waals surface area (Å²) in [6.45, 7) is 6.73. The summed E-state index contributed by atoms with van der Waals surface area (Å²) in [4.78, 5) is 16.5. The maximum Gasteiger partial charge on any atom is 0.437 e. The first-order valence-electron chi connectivity index (χ1n) is 7.80.